The van der Waals surface area contributed by atoms with Crippen molar-refractivity contribution in [1.29, 1.82) is 0 Å². The summed E-state index contributed by atoms with van der Waals surface area (Å²) in [6.45, 7) is 6.99. The van der Waals surface area contributed by atoms with Crippen LogP contribution in [0.5, 0.6) is 0 Å². The molecule has 2 rings (SSSR count). The van der Waals surface area contributed by atoms with Gasteiger partial charge >= 0.3 is 0 Å². The Morgan fingerprint density at radius 2 is 2.21 bits per heavy atom. The Labute approximate surface area is 117 Å². The molecule has 19 heavy (non-hydrogen) atoms. The molecule has 3 N–H and O–H groups in total. The summed E-state index contributed by atoms with van der Waals surface area (Å²) in [6, 6.07) is 9.24. The van der Waals surface area contributed by atoms with E-state index in [0.717, 1.165) is 6.42 Å². The highest BCUT2D eigenvalue weighted by atomic mass is 15.2. The van der Waals surface area contributed by atoms with Crippen molar-refractivity contribution in [2.75, 3.05) is 0 Å². The molecule has 2 heteroatoms. The van der Waals surface area contributed by atoms with Crippen molar-refractivity contribution in [1.82, 2.24) is 5.43 Å². The average molecular weight is 260 g/mol. The fourth-order valence-corrected chi connectivity index (χ4v) is 3.65. The predicted molar refractivity (Wildman–Crippen MR) is 81.6 cm³/mol. The van der Waals surface area contributed by atoms with E-state index in [-0.39, 0.29) is 6.04 Å². The Kier molecular flexibility index (Phi) is 4.64. The summed E-state index contributed by atoms with van der Waals surface area (Å²) in [4.78, 5) is 0. The van der Waals surface area contributed by atoms with Gasteiger partial charge < -0.3 is 0 Å². The van der Waals surface area contributed by atoms with E-state index in [1.54, 1.807) is 0 Å². The Hall–Kier alpha value is -0.860. The molecule has 1 aliphatic carbocycles. The van der Waals surface area contributed by atoms with Crippen molar-refractivity contribution in [2.24, 2.45) is 17.2 Å². The number of benzene rings is 1. The van der Waals surface area contributed by atoms with E-state index in [1.807, 2.05) is 0 Å². The van der Waals surface area contributed by atoms with Crippen molar-refractivity contribution < 1.29 is 0 Å². The zero-order valence-electron chi connectivity index (χ0n) is 12.6. The number of nitrogens with one attached hydrogen (secondary N) is 1. The maximum Gasteiger partial charge on any atom is 0.0493 e. The van der Waals surface area contributed by atoms with Crippen molar-refractivity contribution in [3.63, 3.8) is 0 Å². The van der Waals surface area contributed by atoms with Crippen LogP contribution >= 0.6 is 0 Å². The molecule has 1 aliphatic rings. The maximum absolute atomic E-state index is 5.88. The first kappa shape index (κ1) is 14.5. The van der Waals surface area contributed by atoms with E-state index in [1.165, 1.54) is 36.8 Å². The van der Waals surface area contributed by atoms with Gasteiger partial charge in [0.15, 0.2) is 0 Å². The summed E-state index contributed by atoms with van der Waals surface area (Å²) in [7, 11) is 0. The van der Waals surface area contributed by atoms with Crippen LogP contribution in [-0.4, -0.2) is 0 Å². The van der Waals surface area contributed by atoms with Crippen LogP contribution in [0.1, 0.15) is 63.6 Å². The summed E-state index contributed by atoms with van der Waals surface area (Å²) in [5.74, 6) is 6.51. The molecular weight excluding hydrogens is 232 g/mol. The highest BCUT2D eigenvalue weighted by Gasteiger charge is 2.39. The SMILES string of the molecule is CCCc1cccc(C(NN)C2CCCC2(C)C)c1. The van der Waals surface area contributed by atoms with Gasteiger partial charge in [-0.1, -0.05) is 57.9 Å². The average Bonchev–Trinajstić information content (AvgIpc) is 2.72. The standard InChI is InChI=1S/C17H28N2/c1-4-7-13-8-5-9-14(12-13)16(19-18)15-10-6-11-17(15,2)3/h5,8-9,12,15-16,19H,4,6-7,10-11,18H2,1-3H3. The number of hydrogen-bond acceptors (Lipinski definition) is 2. The molecule has 1 fully saturated rings. The highest BCUT2D eigenvalue weighted by Crippen LogP contribution is 2.48. The molecule has 1 saturated carbocycles. The molecular formula is C17H28N2. The van der Waals surface area contributed by atoms with Crippen LogP contribution in [-0.2, 0) is 6.42 Å². The van der Waals surface area contributed by atoms with Gasteiger partial charge in [0.25, 0.3) is 0 Å². The van der Waals surface area contributed by atoms with Crippen LogP contribution in [0, 0.1) is 11.3 Å². The quantitative estimate of drug-likeness (QED) is 0.621. The largest absolute Gasteiger partial charge is 0.271 e. The number of hydrazine groups is 1. The summed E-state index contributed by atoms with van der Waals surface area (Å²) in [6.07, 6.45) is 6.26. The van der Waals surface area contributed by atoms with Gasteiger partial charge in [0.1, 0.15) is 0 Å². The summed E-state index contributed by atoms with van der Waals surface area (Å²) in [5.41, 5.74) is 6.25. The monoisotopic (exact) mass is 260 g/mol. The molecule has 0 amide bonds. The molecule has 0 aromatic heterocycles. The van der Waals surface area contributed by atoms with E-state index < -0.39 is 0 Å². The number of aryl methyl sites for hydroxylation is 1. The first-order valence-corrected chi connectivity index (χ1v) is 7.63. The third-order valence-corrected chi connectivity index (χ3v) is 4.77. The molecule has 1 aromatic carbocycles. The molecule has 2 atom stereocenters. The van der Waals surface area contributed by atoms with Crippen molar-refractivity contribution in [3.8, 4) is 0 Å². The van der Waals surface area contributed by atoms with E-state index in [2.05, 4.69) is 50.5 Å². The Balaban J connectivity index is 2.24. The van der Waals surface area contributed by atoms with E-state index in [9.17, 15) is 0 Å². The van der Waals surface area contributed by atoms with Gasteiger partial charge in [-0.05, 0) is 41.7 Å². The topological polar surface area (TPSA) is 38.0 Å². The molecule has 0 aliphatic heterocycles. The Morgan fingerprint density at radius 3 is 2.79 bits per heavy atom. The minimum absolute atomic E-state index is 0.286. The molecule has 1 aromatic rings. The van der Waals surface area contributed by atoms with Gasteiger partial charge in [-0.2, -0.15) is 0 Å². The number of rotatable bonds is 5. The lowest BCUT2D eigenvalue weighted by Gasteiger charge is -2.34. The summed E-state index contributed by atoms with van der Waals surface area (Å²) >= 11 is 0. The number of hydrogen-bond donors (Lipinski definition) is 2. The lowest BCUT2D eigenvalue weighted by Crippen LogP contribution is -2.37. The second kappa shape index (κ2) is 6.06. The van der Waals surface area contributed by atoms with Crippen molar-refractivity contribution in [3.05, 3.63) is 35.4 Å². The third-order valence-electron chi connectivity index (χ3n) is 4.77. The van der Waals surface area contributed by atoms with Crippen molar-refractivity contribution in [2.45, 2.75) is 58.9 Å². The Morgan fingerprint density at radius 1 is 1.42 bits per heavy atom. The lowest BCUT2D eigenvalue weighted by atomic mass is 9.75. The predicted octanol–water partition coefficient (Wildman–Crippen LogP) is 3.97. The van der Waals surface area contributed by atoms with E-state index >= 15 is 0 Å². The summed E-state index contributed by atoms with van der Waals surface area (Å²) < 4.78 is 0. The van der Waals surface area contributed by atoms with Gasteiger partial charge in [0, 0.05) is 6.04 Å². The second-order valence-electron chi connectivity index (χ2n) is 6.63. The van der Waals surface area contributed by atoms with Crippen LogP contribution in [0.4, 0.5) is 0 Å². The van der Waals surface area contributed by atoms with E-state index in [4.69, 9.17) is 5.84 Å². The molecule has 0 saturated heterocycles. The number of nitrogens with two attached hydrogens (primary N) is 1. The van der Waals surface area contributed by atoms with E-state index in [0.29, 0.717) is 11.3 Å². The van der Waals surface area contributed by atoms with Crippen molar-refractivity contribution >= 4 is 0 Å². The molecule has 2 nitrogen and oxygen atoms in total. The van der Waals surface area contributed by atoms with Gasteiger partial charge in [-0.15, -0.1) is 0 Å². The first-order chi connectivity index (χ1) is 9.08. The molecule has 0 spiro atoms. The first-order valence-electron chi connectivity index (χ1n) is 7.63. The normalized spacial score (nSPS) is 23.5. The van der Waals surface area contributed by atoms with Gasteiger partial charge in [-0.25, -0.2) is 0 Å². The fourth-order valence-electron chi connectivity index (χ4n) is 3.65. The van der Waals surface area contributed by atoms with Crippen LogP contribution in [0.15, 0.2) is 24.3 Å². The van der Waals surface area contributed by atoms with Gasteiger partial charge in [0.05, 0.1) is 0 Å². The zero-order valence-corrected chi connectivity index (χ0v) is 12.6. The maximum atomic E-state index is 5.88. The van der Waals surface area contributed by atoms with Gasteiger partial charge in [-0.3, -0.25) is 11.3 Å². The fraction of sp³-hybridized carbons (Fsp3) is 0.647. The smallest absolute Gasteiger partial charge is 0.0493 e. The minimum atomic E-state index is 0.286. The third kappa shape index (κ3) is 3.18. The van der Waals surface area contributed by atoms with Crippen LogP contribution in [0.3, 0.4) is 0 Å². The Bertz CT molecular complexity index is 411. The summed E-state index contributed by atoms with van der Waals surface area (Å²) in [5, 5.41) is 0. The molecule has 0 heterocycles. The van der Waals surface area contributed by atoms with Crippen LogP contribution < -0.4 is 11.3 Å². The van der Waals surface area contributed by atoms with Gasteiger partial charge in [0.2, 0.25) is 0 Å². The molecule has 2 unspecified atom stereocenters. The lowest BCUT2D eigenvalue weighted by molar-refractivity contribution is 0.198. The highest BCUT2D eigenvalue weighted by molar-refractivity contribution is 5.27. The van der Waals surface area contributed by atoms with Crippen LogP contribution in [0.2, 0.25) is 0 Å². The minimum Gasteiger partial charge on any atom is -0.271 e. The molecule has 106 valence electrons. The molecule has 0 bridgehead atoms. The second-order valence-corrected chi connectivity index (χ2v) is 6.63. The zero-order chi connectivity index (χ0) is 13.9. The molecule has 0 radical (unpaired) electrons. The van der Waals surface area contributed by atoms with Crippen LogP contribution in [0.25, 0.3) is 0 Å².